The van der Waals surface area contributed by atoms with Gasteiger partial charge in [-0.15, -0.1) is 0 Å². The molecule has 1 atom stereocenters. The number of aliphatic hydroxyl groups is 1. The van der Waals surface area contributed by atoms with Crippen molar-refractivity contribution in [2.75, 3.05) is 44.2 Å². The summed E-state index contributed by atoms with van der Waals surface area (Å²) < 4.78 is 42.0. The number of carbonyl (C=O) groups is 2. The average Bonchev–Trinajstić information content (AvgIpc) is 3.77. The Kier molecular flexibility index (Phi) is 9.57. The lowest BCUT2D eigenvalue weighted by atomic mass is 9.78. The molecule has 0 bridgehead atoms. The first-order valence-electron chi connectivity index (χ1n) is 15.8. The van der Waals surface area contributed by atoms with Crippen LogP contribution < -0.4 is 4.90 Å². The van der Waals surface area contributed by atoms with Gasteiger partial charge in [-0.1, -0.05) is 42.5 Å². The van der Waals surface area contributed by atoms with Crippen LogP contribution in [-0.2, 0) is 4.79 Å². The van der Waals surface area contributed by atoms with Crippen molar-refractivity contribution in [1.82, 2.24) is 9.80 Å². The summed E-state index contributed by atoms with van der Waals surface area (Å²) in [6.07, 6.45) is 7.86. The molecule has 3 saturated heterocycles. The lowest BCUT2D eigenvalue weighted by Gasteiger charge is -2.42. The Bertz CT molecular complexity index is 1310. The molecule has 1 saturated carbocycles. The fourth-order valence-corrected chi connectivity index (χ4v) is 7.61. The van der Waals surface area contributed by atoms with Gasteiger partial charge < -0.3 is 19.8 Å². The number of benzene rings is 1. The molecular weight excluding hydrogens is 591 g/mol. The molecule has 10 heteroatoms. The van der Waals surface area contributed by atoms with Gasteiger partial charge in [0.25, 0.3) is 17.4 Å². The van der Waals surface area contributed by atoms with Crippen LogP contribution in [0.3, 0.4) is 0 Å². The zero-order chi connectivity index (χ0) is 31.7. The van der Waals surface area contributed by atoms with Gasteiger partial charge in [-0.2, -0.15) is 13.2 Å². The molecule has 4 aliphatic rings. The summed E-state index contributed by atoms with van der Waals surface area (Å²) >= 11 is 6.65. The van der Waals surface area contributed by atoms with Gasteiger partial charge in [0.2, 0.25) is 0 Å². The molecule has 3 aliphatic heterocycles. The normalized spacial score (nSPS) is 23.2. The highest BCUT2D eigenvalue weighted by Gasteiger charge is 2.62. The van der Waals surface area contributed by atoms with Gasteiger partial charge >= 0.3 is 6.18 Å². The van der Waals surface area contributed by atoms with Crippen molar-refractivity contribution >= 4 is 29.1 Å². The van der Waals surface area contributed by atoms with Crippen LogP contribution in [0, 0.1) is 17.3 Å². The Morgan fingerprint density at radius 1 is 0.977 bits per heavy atom. The summed E-state index contributed by atoms with van der Waals surface area (Å²) in [6, 6.07) is 5.72. The van der Waals surface area contributed by atoms with Crippen LogP contribution in [0.4, 0.5) is 18.9 Å². The summed E-state index contributed by atoms with van der Waals surface area (Å²) in [7, 11) is 0. The van der Waals surface area contributed by atoms with Crippen LogP contribution in [0.5, 0.6) is 0 Å². The molecule has 44 heavy (non-hydrogen) atoms. The van der Waals surface area contributed by atoms with Crippen molar-refractivity contribution in [3.8, 4) is 0 Å². The summed E-state index contributed by atoms with van der Waals surface area (Å²) in [5.74, 6) is -0.596. The number of rotatable bonds is 7. The van der Waals surface area contributed by atoms with E-state index in [0.717, 1.165) is 69.0 Å². The average molecular weight is 634 g/mol. The number of likely N-dealkylation sites (tertiary alicyclic amines) is 2. The molecule has 0 unspecified atom stereocenters. The van der Waals surface area contributed by atoms with E-state index in [1.54, 1.807) is 0 Å². The number of allylic oxidation sites excluding steroid dienone is 4. The van der Waals surface area contributed by atoms with Gasteiger partial charge in [-0.3, -0.25) is 9.59 Å². The Morgan fingerprint density at radius 3 is 2.18 bits per heavy atom. The van der Waals surface area contributed by atoms with Crippen LogP contribution in [0.1, 0.15) is 68.6 Å². The van der Waals surface area contributed by atoms with E-state index >= 15 is 0 Å². The quantitative estimate of drug-likeness (QED) is 0.336. The van der Waals surface area contributed by atoms with Gasteiger partial charge in [0.15, 0.2) is 0 Å². The number of nitrogens with zero attached hydrogens (tertiary/aromatic N) is 3. The molecule has 0 aromatic heterocycles. The zero-order valence-electron chi connectivity index (χ0n) is 25.4. The molecule has 6 nitrogen and oxygen atoms in total. The molecule has 1 aromatic carbocycles. The number of amides is 2. The molecule has 3 heterocycles. The number of hydrogen-bond donors (Lipinski definition) is 1. The van der Waals surface area contributed by atoms with Crippen molar-refractivity contribution < 1.29 is 27.9 Å². The predicted molar refractivity (Wildman–Crippen MR) is 167 cm³/mol. The number of hydrogen-bond acceptors (Lipinski definition) is 4. The first-order valence-corrected chi connectivity index (χ1v) is 16.1. The molecular formula is C34H43ClF3N3O3. The molecule has 1 N–H and O–H groups in total. The van der Waals surface area contributed by atoms with Crippen LogP contribution in [0.25, 0.3) is 0 Å². The fraction of sp³-hybridized carbons (Fsp3) is 0.588. The van der Waals surface area contributed by atoms with Gasteiger partial charge in [0.05, 0.1) is 10.6 Å². The largest absolute Gasteiger partial charge is 0.430 e. The van der Waals surface area contributed by atoms with Crippen molar-refractivity contribution in [3.63, 3.8) is 0 Å². The maximum atomic E-state index is 14.0. The third-order valence-corrected chi connectivity index (χ3v) is 10.7. The summed E-state index contributed by atoms with van der Waals surface area (Å²) in [5.41, 5.74) is -2.15. The Hall–Kier alpha value is -2.78. The van der Waals surface area contributed by atoms with E-state index in [2.05, 4.69) is 11.5 Å². The topological polar surface area (TPSA) is 64.1 Å². The first-order chi connectivity index (χ1) is 20.9. The summed E-state index contributed by atoms with van der Waals surface area (Å²) in [5, 5.41) is 11.1. The Balaban J connectivity index is 1.14. The van der Waals surface area contributed by atoms with Crippen molar-refractivity contribution in [2.45, 2.75) is 70.1 Å². The maximum absolute atomic E-state index is 14.0. The second-order valence-electron chi connectivity index (χ2n) is 13.1. The van der Waals surface area contributed by atoms with Gasteiger partial charge in [-0.25, -0.2) is 0 Å². The number of piperidine rings is 3. The molecule has 0 radical (unpaired) electrons. The Morgan fingerprint density at radius 2 is 1.61 bits per heavy atom. The minimum atomic E-state index is -5.14. The van der Waals surface area contributed by atoms with Gasteiger partial charge in [0.1, 0.15) is 0 Å². The predicted octanol–water partition coefficient (Wildman–Crippen LogP) is 6.79. The van der Waals surface area contributed by atoms with E-state index in [1.165, 1.54) is 37.5 Å². The molecule has 2 amide bonds. The van der Waals surface area contributed by atoms with Crippen LogP contribution >= 0.6 is 11.6 Å². The van der Waals surface area contributed by atoms with Crippen molar-refractivity contribution in [3.05, 3.63) is 65.2 Å². The van der Waals surface area contributed by atoms with E-state index in [0.29, 0.717) is 40.7 Å². The fourth-order valence-electron chi connectivity index (χ4n) is 7.36. The molecule has 1 aliphatic carbocycles. The number of alkyl halides is 3. The second-order valence-corrected chi connectivity index (χ2v) is 13.5. The van der Waals surface area contributed by atoms with Crippen LogP contribution in [-0.4, -0.2) is 77.8 Å². The molecule has 5 rings (SSSR count). The third kappa shape index (κ3) is 6.59. The molecule has 1 spiro atoms. The monoisotopic (exact) mass is 633 g/mol. The lowest BCUT2D eigenvalue weighted by Crippen LogP contribution is -2.60. The number of halogens is 4. The minimum absolute atomic E-state index is 0.0143. The third-order valence-electron chi connectivity index (χ3n) is 10.4. The summed E-state index contributed by atoms with van der Waals surface area (Å²) in [6.45, 7) is 8.21. The van der Waals surface area contributed by atoms with Gasteiger partial charge in [-0.05, 0) is 99.3 Å². The Labute approximate surface area is 263 Å². The van der Waals surface area contributed by atoms with E-state index in [9.17, 15) is 27.9 Å². The molecule has 1 aromatic rings. The van der Waals surface area contributed by atoms with Crippen molar-refractivity contribution in [1.29, 1.82) is 0 Å². The smallest absolute Gasteiger partial charge is 0.371 e. The van der Waals surface area contributed by atoms with Crippen molar-refractivity contribution in [2.24, 2.45) is 17.3 Å². The number of anilines is 1. The van der Waals surface area contributed by atoms with Crippen LogP contribution in [0.15, 0.2) is 54.7 Å². The van der Waals surface area contributed by atoms with E-state index in [1.807, 2.05) is 23.1 Å². The maximum Gasteiger partial charge on any atom is 0.430 e. The first kappa shape index (κ1) is 32.6. The SMILES string of the molecule is C=C/C=C\C=C(/C)[C@@](O)(C(=O)N1CCC(C2CCN(c3ccc(C(=O)N4CCCC5(CC5)C4)c(Cl)c3)CC2)CC1)C(F)(F)F. The highest BCUT2D eigenvalue weighted by Crippen LogP contribution is 2.52. The lowest BCUT2D eigenvalue weighted by molar-refractivity contribution is -0.243. The van der Waals surface area contributed by atoms with Gasteiger partial charge in [0, 0.05) is 45.0 Å². The zero-order valence-corrected chi connectivity index (χ0v) is 26.2. The van der Waals surface area contributed by atoms with Crippen LogP contribution in [0.2, 0.25) is 5.02 Å². The standard InChI is InChI=1S/C34H43ClF3N3O3/c1-3-4-5-7-24(2)33(44,34(36,37)38)31(43)40-20-12-26(13-21-40)25-10-18-39(19-11-25)27-8-9-28(29(35)22-27)30(42)41-17-6-14-32(23-41)15-16-32/h3-5,7-9,22,25-26,44H,1,6,10-21,23H2,2H3/b5-4-,24-7+/t33-/m1/s1. The van der Waals surface area contributed by atoms with E-state index in [-0.39, 0.29) is 19.0 Å². The second kappa shape index (κ2) is 12.9. The molecule has 4 fully saturated rings. The highest BCUT2D eigenvalue weighted by molar-refractivity contribution is 6.34. The van der Waals surface area contributed by atoms with E-state index in [4.69, 9.17) is 11.6 Å². The minimum Gasteiger partial charge on any atom is -0.371 e. The summed E-state index contributed by atoms with van der Waals surface area (Å²) in [4.78, 5) is 31.7. The highest BCUT2D eigenvalue weighted by atomic mass is 35.5. The molecule has 240 valence electrons. The van der Waals surface area contributed by atoms with E-state index < -0.39 is 23.3 Å². The number of carbonyl (C=O) groups excluding carboxylic acids is 2.